The second kappa shape index (κ2) is 4.96. The molecule has 2 aromatic carbocycles. The van der Waals surface area contributed by atoms with Crippen molar-refractivity contribution in [2.24, 2.45) is 0 Å². The number of aromatic hydroxyl groups is 1. The Morgan fingerprint density at radius 2 is 2.00 bits per heavy atom. The van der Waals surface area contributed by atoms with E-state index in [9.17, 15) is 5.11 Å². The molecule has 0 saturated heterocycles. The van der Waals surface area contributed by atoms with Crippen molar-refractivity contribution in [3.8, 4) is 11.5 Å². The Kier molecular flexibility index (Phi) is 3.16. The number of rotatable bonds is 2. The molecule has 0 radical (unpaired) electrons. The van der Waals surface area contributed by atoms with Crippen LogP contribution in [0, 0.1) is 0 Å². The molecule has 2 heteroatoms. The third-order valence-corrected chi connectivity index (χ3v) is 3.97. The smallest absolute Gasteiger partial charge is 0.160 e. The summed E-state index contributed by atoms with van der Waals surface area (Å²) in [6.07, 6.45) is 3.51. The second-order valence-corrected chi connectivity index (χ2v) is 5.07. The van der Waals surface area contributed by atoms with E-state index in [-0.39, 0.29) is 5.75 Å². The van der Waals surface area contributed by atoms with Crippen LogP contribution in [-0.2, 0) is 6.42 Å². The summed E-state index contributed by atoms with van der Waals surface area (Å²) in [4.78, 5) is 0. The van der Waals surface area contributed by atoms with Crippen molar-refractivity contribution in [1.82, 2.24) is 0 Å². The quantitative estimate of drug-likeness (QED) is 0.881. The zero-order valence-electron chi connectivity index (χ0n) is 11.1. The van der Waals surface area contributed by atoms with Crippen LogP contribution in [0.3, 0.4) is 0 Å². The van der Waals surface area contributed by atoms with Crippen LogP contribution in [0.1, 0.15) is 35.4 Å². The minimum atomic E-state index is 0.225. The van der Waals surface area contributed by atoms with E-state index < -0.39 is 0 Å². The fourth-order valence-electron chi connectivity index (χ4n) is 3.02. The minimum absolute atomic E-state index is 0.225. The van der Waals surface area contributed by atoms with Gasteiger partial charge in [0.15, 0.2) is 11.5 Å². The van der Waals surface area contributed by atoms with Gasteiger partial charge in [0.05, 0.1) is 7.11 Å². The maximum atomic E-state index is 9.94. The molecule has 0 fully saturated rings. The molecule has 19 heavy (non-hydrogen) atoms. The van der Waals surface area contributed by atoms with Gasteiger partial charge in [-0.1, -0.05) is 30.3 Å². The van der Waals surface area contributed by atoms with E-state index in [0.29, 0.717) is 11.7 Å². The molecule has 0 aliphatic heterocycles. The molecule has 1 unspecified atom stereocenters. The van der Waals surface area contributed by atoms with Crippen LogP contribution in [-0.4, -0.2) is 12.2 Å². The van der Waals surface area contributed by atoms with Crippen molar-refractivity contribution in [3.05, 3.63) is 59.2 Å². The molecule has 0 saturated carbocycles. The van der Waals surface area contributed by atoms with Crippen LogP contribution in [0.25, 0.3) is 0 Å². The average molecular weight is 254 g/mol. The molecule has 98 valence electrons. The predicted molar refractivity (Wildman–Crippen MR) is 75.9 cm³/mol. The Hall–Kier alpha value is -1.96. The lowest BCUT2D eigenvalue weighted by Crippen LogP contribution is -2.10. The second-order valence-electron chi connectivity index (χ2n) is 5.07. The number of aryl methyl sites for hydroxylation is 1. The standard InChI is InChI=1S/C17H18O2/c1-19-17-10-9-13(11-16(17)18)15-8-4-6-12-5-2-3-7-14(12)15/h2-3,5,7,9-11,15,18H,4,6,8H2,1H3. The van der Waals surface area contributed by atoms with Crippen molar-refractivity contribution in [2.75, 3.05) is 7.11 Å². The summed E-state index contributed by atoms with van der Waals surface area (Å²) in [5.74, 6) is 1.15. The van der Waals surface area contributed by atoms with Gasteiger partial charge in [-0.25, -0.2) is 0 Å². The molecule has 0 bridgehead atoms. The molecule has 0 spiro atoms. The largest absolute Gasteiger partial charge is 0.504 e. The summed E-state index contributed by atoms with van der Waals surface area (Å²) in [6.45, 7) is 0. The van der Waals surface area contributed by atoms with Gasteiger partial charge in [0.25, 0.3) is 0 Å². The number of ether oxygens (including phenoxy) is 1. The van der Waals surface area contributed by atoms with Crippen molar-refractivity contribution < 1.29 is 9.84 Å². The number of phenols is 1. The van der Waals surface area contributed by atoms with Gasteiger partial charge in [0.2, 0.25) is 0 Å². The van der Waals surface area contributed by atoms with E-state index in [2.05, 4.69) is 30.3 Å². The van der Waals surface area contributed by atoms with Crippen molar-refractivity contribution >= 4 is 0 Å². The molecule has 1 aliphatic rings. The number of fused-ring (bicyclic) bond motifs is 1. The van der Waals surface area contributed by atoms with E-state index in [4.69, 9.17) is 4.74 Å². The van der Waals surface area contributed by atoms with Crippen LogP contribution < -0.4 is 4.74 Å². The fraction of sp³-hybridized carbons (Fsp3) is 0.294. The summed E-state index contributed by atoms with van der Waals surface area (Å²) in [5.41, 5.74) is 4.01. The Morgan fingerprint density at radius 1 is 1.16 bits per heavy atom. The molecule has 2 nitrogen and oxygen atoms in total. The van der Waals surface area contributed by atoms with Gasteiger partial charge in [0, 0.05) is 5.92 Å². The first-order valence-electron chi connectivity index (χ1n) is 6.74. The van der Waals surface area contributed by atoms with Gasteiger partial charge < -0.3 is 9.84 Å². The van der Waals surface area contributed by atoms with E-state index in [0.717, 1.165) is 12.8 Å². The molecule has 1 N–H and O–H groups in total. The molecule has 0 heterocycles. The summed E-state index contributed by atoms with van der Waals surface area (Å²) in [5, 5.41) is 9.94. The zero-order chi connectivity index (χ0) is 13.2. The van der Waals surface area contributed by atoms with Gasteiger partial charge in [-0.05, 0) is 48.1 Å². The Balaban J connectivity index is 2.02. The van der Waals surface area contributed by atoms with Gasteiger partial charge >= 0.3 is 0 Å². The lowest BCUT2D eigenvalue weighted by atomic mass is 9.79. The van der Waals surface area contributed by atoms with Crippen molar-refractivity contribution in [2.45, 2.75) is 25.2 Å². The Morgan fingerprint density at radius 3 is 2.79 bits per heavy atom. The first kappa shape index (κ1) is 12.1. The lowest BCUT2D eigenvalue weighted by molar-refractivity contribution is 0.372. The number of phenolic OH excluding ortho intramolecular Hbond substituents is 1. The highest BCUT2D eigenvalue weighted by Gasteiger charge is 2.22. The highest BCUT2D eigenvalue weighted by molar-refractivity contribution is 5.47. The number of benzene rings is 2. The molecule has 1 aliphatic carbocycles. The molecule has 2 aromatic rings. The molecular weight excluding hydrogens is 236 g/mol. The third-order valence-electron chi connectivity index (χ3n) is 3.97. The van der Waals surface area contributed by atoms with E-state index in [1.165, 1.54) is 23.1 Å². The van der Waals surface area contributed by atoms with Crippen LogP contribution >= 0.6 is 0 Å². The molecule has 0 aromatic heterocycles. The molecule has 1 atom stereocenters. The maximum absolute atomic E-state index is 9.94. The van der Waals surface area contributed by atoms with Gasteiger partial charge in [0.1, 0.15) is 0 Å². The third kappa shape index (κ3) is 2.19. The summed E-state index contributed by atoms with van der Waals surface area (Å²) in [6, 6.07) is 14.4. The first-order valence-corrected chi connectivity index (χ1v) is 6.74. The summed E-state index contributed by atoms with van der Waals surface area (Å²) in [7, 11) is 1.57. The van der Waals surface area contributed by atoms with Gasteiger partial charge in [-0.2, -0.15) is 0 Å². The van der Waals surface area contributed by atoms with Crippen LogP contribution in [0.2, 0.25) is 0 Å². The Labute approximate surface area is 113 Å². The highest BCUT2D eigenvalue weighted by Crippen LogP contribution is 2.39. The average Bonchev–Trinajstić information content (AvgIpc) is 2.46. The summed E-state index contributed by atoms with van der Waals surface area (Å²) < 4.78 is 5.11. The van der Waals surface area contributed by atoms with Crippen LogP contribution in [0.4, 0.5) is 0 Å². The molecule has 0 amide bonds. The van der Waals surface area contributed by atoms with Crippen LogP contribution in [0.15, 0.2) is 42.5 Å². The Bertz CT molecular complexity index is 590. The SMILES string of the molecule is COc1ccc(C2CCCc3ccccc32)cc1O. The number of hydrogen-bond donors (Lipinski definition) is 1. The first-order chi connectivity index (χ1) is 9.29. The van der Waals surface area contributed by atoms with Crippen molar-refractivity contribution in [1.29, 1.82) is 0 Å². The minimum Gasteiger partial charge on any atom is -0.504 e. The maximum Gasteiger partial charge on any atom is 0.160 e. The van der Waals surface area contributed by atoms with Crippen LogP contribution in [0.5, 0.6) is 11.5 Å². The van der Waals surface area contributed by atoms with Crippen molar-refractivity contribution in [3.63, 3.8) is 0 Å². The van der Waals surface area contributed by atoms with Gasteiger partial charge in [-0.3, -0.25) is 0 Å². The zero-order valence-corrected chi connectivity index (χ0v) is 11.1. The van der Waals surface area contributed by atoms with Gasteiger partial charge in [-0.15, -0.1) is 0 Å². The normalized spacial score (nSPS) is 17.8. The number of methoxy groups -OCH3 is 1. The topological polar surface area (TPSA) is 29.5 Å². The number of hydrogen-bond acceptors (Lipinski definition) is 2. The highest BCUT2D eigenvalue weighted by atomic mass is 16.5. The lowest BCUT2D eigenvalue weighted by Gasteiger charge is -2.26. The van der Waals surface area contributed by atoms with E-state index in [1.807, 2.05) is 12.1 Å². The fourth-order valence-corrected chi connectivity index (χ4v) is 3.02. The molecule has 3 rings (SSSR count). The van der Waals surface area contributed by atoms with E-state index in [1.54, 1.807) is 7.11 Å². The van der Waals surface area contributed by atoms with E-state index >= 15 is 0 Å². The predicted octanol–water partition coefficient (Wildman–Crippen LogP) is 3.87. The monoisotopic (exact) mass is 254 g/mol. The molecular formula is C17H18O2. The summed E-state index contributed by atoms with van der Waals surface area (Å²) >= 11 is 0.